The van der Waals surface area contributed by atoms with E-state index in [0.717, 1.165) is 16.3 Å². The van der Waals surface area contributed by atoms with E-state index in [4.69, 9.17) is 21.4 Å². The first-order valence-corrected chi connectivity index (χ1v) is 10.7. The van der Waals surface area contributed by atoms with Crippen LogP contribution in [0, 0.1) is 0 Å². The first kappa shape index (κ1) is 20.7. The number of anilines is 1. The van der Waals surface area contributed by atoms with Gasteiger partial charge in [-0.2, -0.15) is 0 Å². The van der Waals surface area contributed by atoms with Crippen LogP contribution < -0.4 is 15.4 Å². The molecular formula is C26H19N3O3S. The van der Waals surface area contributed by atoms with Crippen LogP contribution in [-0.4, -0.2) is 23.1 Å². The van der Waals surface area contributed by atoms with Crippen LogP contribution in [0.15, 0.2) is 89.3 Å². The average Bonchev–Trinajstić information content (AvgIpc) is 3.27. The Morgan fingerprint density at radius 2 is 1.67 bits per heavy atom. The number of nitrogens with zero attached hydrogens (tertiary/aromatic N) is 1. The number of methoxy groups -OCH3 is 1. The van der Waals surface area contributed by atoms with Crippen molar-refractivity contribution in [2.24, 2.45) is 0 Å². The van der Waals surface area contributed by atoms with E-state index >= 15 is 0 Å². The van der Waals surface area contributed by atoms with Crippen LogP contribution in [0.25, 0.3) is 33.3 Å². The number of carbonyl (C=O) groups is 1. The summed E-state index contributed by atoms with van der Waals surface area (Å²) < 4.78 is 11.3. The minimum Gasteiger partial charge on any atom is -0.496 e. The monoisotopic (exact) mass is 453 g/mol. The first-order chi connectivity index (χ1) is 16.1. The van der Waals surface area contributed by atoms with E-state index in [1.165, 1.54) is 7.11 Å². The predicted molar refractivity (Wildman–Crippen MR) is 134 cm³/mol. The number of benzene rings is 4. The molecule has 0 unspecified atom stereocenters. The molecule has 0 aliphatic heterocycles. The second-order valence-corrected chi connectivity index (χ2v) is 7.78. The molecule has 0 fully saturated rings. The van der Waals surface area contributed by atoms with E-state index in [1.54, 1.807) is 6.07 Å². The largest absolute Gasteiger partial charge is 0.496 e. The fourth-order valence-electron chi connectivity index (χ4n) is 3.61. The van der Waals surface area contributed by atoms with Crippen LogP contribution in [0.3, 0.4) is 0 Å². The zero-order chi connectivity index (χ0) is 22.8. The highest BCUT2D eigenvalue weighted by Gasteiger charge is 2.15. The molecule has 2 N–H and O–H groups in total. The van der Waals surface area contributed by atoms with Gasteiger partial charge < -0.3 is 14.5 Å². The predicted octanol–water partition coefficient (Wildman–Crippen LogP) is 5.78. The molecule has 5 rings (SSSR count). The maximum absolute atomic E-state index is 12.9. The number of carbonyl (C=O) groups excluding carboxylic acids is 1. The third kappa shape index (κ3) is 4.26. The molecule has 0 aliphatic rings. The SMILES string of the molecule is COc1cc2ccccc2cc1C(=O)NC(=S)Nc1ccc2oc(-c3ccccc3)nc2c1. The molecule has 33 heavy (non-hydrogen) atoms. The number of thiocarbonyl (C=S) groups is 1. The Balaban J connectivity index is 1.33. The molecular weight excluding hydrogens is 434 g/mol. The van der Waals surface area contributed by atoms with Gasteiger partial charge in [-0.05, 0) is 65.5 Å². The third-order valence-corrected chi connectivity index (χ3v) is 5.41. The van der Waals surface area contributed by atoms with Crippen LogP contribution >= 0.6 is 12.2 Å². The van der Waals surface area contributed by atoms with Gasteiger partial charge in [0.05, 0.1) is 12.7 Å². The fourth-order valence-corrected chi connectivity index (χ4v) is 3.82. The summed E-state index contributed by atoms with van der Waals surface area (Å²) in [5.74, 6) is 0.664. The Kier molecular flexibility index (Phi) is 5.46. The highest BCUT2D eigenvalue weighted by Crippen LogP contribution is 2.27. The van der Waals surface area contributed by atoms with Gasteiger partial charge in [0.2, 0.25) is 5.89 Å². The van der Waals surface area contributed by atoms with E-state index in [2.05, 4.69) is 15.6 Å². The summed E-state index contributed by atoms with van der Waals surface area (Å²) in [6.45, 7) is 0. The number of hydrogen-bond acceptors (Lipinski definition) is 5. The number of ether oxygens (including phenoxy) is 1. The Morgan fingerprint density at radius 1 is 0.939 bits per heavy atom. The molecule has 1 amide bonds. The molecule has 1 heterocycles. The Morgan fingerprint density at radius 3 is 2.42 bits per heavy atom. The number of hydrogen-bond donors (Lipinski definition) is 2. The molecule has 162 valence electrons. The Labute approximate surface area is 195 Å². The van der Waals surface area contributed by atoms with Gasteiger partial charge in [0.1, 0.15) is 11.3 Å². The van der Waals surface area contributed by atoms with Crippen molar-refractivity contribution < 1.29 is 13.9 Å². The number of nitrogens with one attached hydrogen (secondary N) is 2. The summed E-state index contributed by atoms with van der Waals surface area (Å²) in [5, 5.41) is 7.85. The summed E-state index contributed by atoms with van der Waals surface area (Å²) in [5.41, 5.74) is 3.33. The minimum absolute atomic E-state index is 0.168. The van der Waals surface area contributed by atoms with Crippen molar-refractivity contribution in [1.29, 1.82) is 0 Å². The average molecular weight is 454 g/mol. The van der Waals surface area contributed by atoms with Gasteiger partial charge in [-0.1, -0.05) is 42.5 Å². The summed E-state index contributed by atoms with van der Waals surface area (Å²) in [6.07, 6.45) is 0. The van der Waals surface area contributed by atoms with E-state index in [0.29, 0.717) is 34.0 Å². The summed E-state index contributed by atoms with van der Waals surface area (Å²) in [4.78, 5) is 17.5. The molecule has 0 bridgehead atoms. The van der Waals surface area contributed by atoms with E-state index in [1.807, 2.05) is 78.9 Å². The number of oxazole rings is 1. The second-order valence-electron chi connectivity index (χ2n) is 7.38. The van der Waals surface area contributed by atoms with E-state index in [-0.39, 0.29) is 11.0 Å². The smallest absolute Gasteiger partial charge is 0.261 e. The van der Waals surface area contributed by atoms with Crippen molar-refractivity contribution >= 4 is 50.8 Å². The van der Waals surface area contributed by atoms with Crippen molar-refractivity contribution in [2.45, 2.75) is 0 Å². The van der Waals surface area contributed by atoms with Crippen molar-refractivity contribution in [3.63, 3.8) is 0 Å². The lowest BCUT2D eigenvalue weighted by atomic mass is 10.1. The molecule has 0 radical (unpaired) electrons. The first-order valence-electron chi connectivity index (χ1n) is 10.3. The minimum atomic E-state index is -0.357. The van der Waals surface area contributed by atoms with Crippen LogP contribution in [0.1, 0.15) is 10.4 Å². The van der Waals surface area contributed by atoms with E-state index in [9.17, 15) is 4.79 Å². The second kappa shape index (κ2) is 8.72. The van der Waals surface area contributed by atoms with Gasteiger partial charge in [0, 0.05) is 11.3 Å². The zero-order valence-electron chi connectivity index (χ0n) is 17.7. The van der Waals surface area contributed by atoms with Gasteiger partial charge in [-0.15, -0.1) is 0 Å². The molecule has 1 aromatic heterocycles. The number of rotatable bonds is 4. The molecule has 0 aliphatic carbocycles. The summed E-state index contributed by atoms with van der Waals surface area (Å²) in [6, 6.07) is 26.5. The van der Waals surface area contributed by atoms with Crippen LogP contribution in [0.4, 0.5) is 5.69 Å². The lowest BCUT2D eigenvalue weighted by molar-refractivity contribution is 0.0975. The summed E-state index contributed by atoms with van der Waals surface area (Å²) >= 11 is 5.36. The Bertz CT molecular complexity index is 1500. The molecule has 0 atom stereocenters. The lowest BCUT2D eigenvalue weighted by Gasteiger charge is -2.12. The Hall–Kier alpha value is -4.23. The third-order valence-electron chi connectivity index (χ3n) is 5.21. The highest BCUT2D eigenvalue weighted by atomic mass is 32.1. The van der Waals surface area contributed by atoms with Gasteiger partial charge in [-0.3, -0.25) is 10.1 Å². The molecule has 5 aromatic rings. The van der Waals surface area contributed by atoms with Crippen molar-refractivity contribution in [3.8, 4) is 17.2 Å². The maximum Gasteiger partial charge on any atom is 0.261 e. The van der Waals surface area contributed by atoms with E-state index < -0.39 is 0 Å². The maximum atomic E-state index is 12.9. The zero-order valence-corrected chi connectivity index (χ0v) is 18.5. The fraction of sp³-hybridized carbons (Fsp3) is 0.0385. The normalized spacial score (nSPS) is 10.8. The van der Waals surface area contributed by atoms with Crippen molar-refractivity contribution in [3.05, 3.63) is 90.5 Å². The van der Waals surface area contributed by atoms with Crippen molar-refractivity contribution in [2.75, 3.05) is 12.4 Å². The number of amides is 1. The van der Waals surface area contributed by atoms with Crippen molar-refractivity contribution in [1.82, 2.24) is 10.3 Å². The van der Waals surface area contributed by atoms with Crippen LogP contribution in [0.2, 0.25) is 0 Å². The molecule has 0 saturated heterocycles. The van der Waals surface area contributed by atoms with Gasteiger partial charge in [-0.25, -0.2) is 4.98 Å². The van der Waals surface area contributed by atoms with Gasteiger partial charge >= 0.3 is 0 Å². The molecule has 0 saturated carbocycles. The molecule has 7 heteroatoms. The number of aromatic nitrogens is 1. The molecule has 0 spiro atoms. The topological polar surface area (TPSA) is 76.4 Å². The standard InChI is InChI=1S/C26H19N3O3S/c1-31-23-14-18-10-6-5-9-17(18)13-20(23)24(30)29-26(33)27-19-11-12-22-21(15-19)28-25(32-22)16-7-3-2-4-8-16/h2-15H,1H3,(H2,27,29,30,33). The lowest BCUT2D eigenvalue weighted by Crippen LogP contribution is -2.34. The highest BCUT2D eigenvalue weighted by molar-refractivity contribution is 7.80. The van der Waals surface area contributed by atoms with Gasteiger partial charge in [0.25, 0.3) is 5.91 Å². The summed E-state index contributed by atoms with van der Waals surface area (Å²) in [7, 11) is 1.54. The van der Waals surface area contributed by atoms with Crippen LogP contribution in [-0.2, 0) is 0 Å². The quantitative estimate of drug-likeness (QED) is 0.336. The molecule has 6 nitrogen and oxygen atoms in total. The molecule has 4 aromatic carbocycles. The number of fused-ring (bicyclic) bond motifs is 2. The van der Waals surface area contributed by atoms with Crippen LogP contribution in [0.5, 0.6) is 5.75 Å². The van der Waals surface area contributed by atoms with Gasteiger partial charge in [0.15, 0.2) is 10.7 Å².